The molecule has 0 spiro atoms. The Hall–Kier alpha value is -1.33. The topological polar surface area (TPSA) is 71.5 Å². The molecule has 1 aromatic rings. The second-order valence-corrected chi connectivity index (χ2v) is 6.00. The summed E-state index contributed by atoms with van der Waals surface area (Å²) in [6.07, 6.45) is 6.38. The van der Waals surface area contributed by atoms with Crippen LogP contribution < -0.4 is 11.1 Å². The van der Waals surface area contributed by atoms with E-state index in [1.807, 2.05) is 0 Å². The molecule has 110 valence electrons. The van der Waals surface area contributed by atoms with Crippen molar-refractivity contribution in [3.63, 3.8) is 0 Å². The zero-order valence-corrected chi connectivity index (χ0v) is 11.8. The molecule has 2 heterocycles. The average molecular weight is 277 g/mol. The van der Waals surface area contributed by atoms with Crippen LogP contribution in [0.4, 0.5) is 0 Å². The number of carbonyl (C=O) groups excluding carboxylic acids is 1. The van der Waals surface area contributed by atoms with Gasteiger partial charge in [0.2, 0.25) is 0 Å². The lowest BCUT2D eigenvalue weighted by Crippen LogP contribution is -2.45. The van der Waals surface area contributed by atoms with Gasteiger partial charge in [0, 0.05) is 25.7 Å². The van der Waals surface area contributed by atoms with Crippen molar-refractivity contribution in [3.05, 3.63) is 23.7 Å². The van der Waals surface area contributed by atoms with E-state index in [0.717, 1.165) is 31.8 Å². The van der Waals surface area contributed by atoms with Gasteiger partial charge in [-0.2, -0.15) is 0 Å². The maximum atomic E-state index is 12.1. The molecule has 20 heavy (non-hydrogen) atoms. The lowest BCUT2D eigenvalue weighted by atomic mass is 10.0. The third-order valence-corrected chi connectivity index (χ3v) is 4.25. The average Bonchev–Trinajstić information content (AvgIpc) is 3.14. The van der Waals surface area contributed by atoms with Crippen molar-refractivity contribution in [2.24, 2.45) is 11.7 Å². The number of hydrogen-bond acceptors (Lipinski definition) is 4. The standard InChI is InChI=1S/C15H23N3O2/c16-8-14-7-12(10-20-14)15(19)17-13-3-5-18(6-4-13)9-11-1-2-11/h7,10-11,13H,1-6,8-9,16H2,(H,17,19). The van der Waals surface area contributed by atoms with E-state index in [1.54, 1.807) is 6.07 Å². The van der Waals surface area contributed by atoms with Gasteiger partial charge in [0.05, 0.1) is 12.1 Å². The zero-order valence-electron chi connectivity index (χ0n) is 11.8. The number of carbonyl (C=O) groups is 1. The summed E-state index contributed by atoms with van der Waals surface area (Å²) >= 11 is 0. The highest BCUT2D eigenvalue weighted by atomic mass is 16.3. The van der Waals surface area contributed by atoms with E-state index in [-0.39, 0.29) is 11.9 Å². The molecule has 1 aliphatic carbocycles. The van der Waals surface area contributed by atoms with Crippen molar-refractivity contribution < 1.29 is 9.21 Å². The van der Waals surface area contributed by atoms with Crippen molar-refractivity contribution in [2.75, 3.05) is 19.6 Å². The van der Waals surface area contributed by atoms with Gasteiger partial charge in [-0.15, -0.1) is 0 Å². The quantitative estimate of drug-likeness (QED) is 0.852. The monoisotopic (exact) mass is 277 g/mol. The Labute approximate surface area is 119 Å². The van der Waals surface area contributed by atoms with Gasteiger partial charge in [-0.1, -0.05) is 0 Å². The summed E-state index contributed by atoms with van der Waals surface area (Å²) < 4.78 is 5.20. The predicted molar refractivity (Wildman–Crippen MR) is 76.3 cm³/mol. The summed E-state index contributed by atoms with van der Waals surface area (Å²) in [5.74, 6) is 1.55. The second-order valence-electron chi connectivity index (χ2n) is 6.00. The zero-order chi connectivity index (χ0) is 13.9. The van der Waals surface area contributed by atoms with Crippen molar-refractivity contribution in [1.29, 1.82) is 0 Å². The lowest BCUT2D eigenvalue weighted by Gasteiger charge is -2.32. The van der Waals surface area contributed by atoms with E-state index in [0.29, 0.717) is 17.9 Å². The number of furan rings is 1. The van der Waals surface area contributed by atoms with E-state index in [9.17, 15) is 4.79 Å². The molecular formula is C15H23N3O2. The summed E-state index contributed by atoms with van der Waals surface area (Å²) in [5, 5.41) is 3.10. The molecule has 0 unspecified atom stereocenters. The molecule has 1 saturated carbocycles. The van der Waals surface area contributed by atoms with Crippen LogP contribution >= 0.6 is 0 Å². The molecule has 3 rings (SSSR count). The number of nitrogens with zero attached hydrogens (tertiary/aromatic N) is 1. The van der Waals surface area contributed by atoms with E-state index in [2.05, 4.69) is 10.2 Å². The predicted octanol–water partition coefficient (Wildman–Crippen LogP) is 1.34. The Morgan fingerprint density at radius 3 is 2.70 bits per heavy atom. The third kappa shape index (κ3) is 3.41. The van der Waals surface area contributed by atoms with Crippen molar-refractivity contribution in [3.8, 4) is 0 Å². The van der Waals surface area contributed by atoms with Crippen LogP contribution in [0.15, 0.2) is 16.7 Å². The largest absolute Gasteiger partial charge is 0.467 e. The number of nitrogens with one attached hydrogen (secondary N) is 1. The first-order valence-corrected chi connectivity index (χ1v) is 7.55. The lowest BCUT2D eigenvalue weighted by molar-refractivity contribution is 0.0909. The smallest absolute Gasteiger partial charge is 0.254 e. The molecule has 1 aliphatic heterocycles. The van der Waals surface area contributed by atoms with Crippen LogP contribution in [0.5, 0.6) is 0 Å². The maximum Gasteiger partial charge on any atom is 0.254 e. The first kappa shape index (κ1) is 13.6. The van der Waals surface area contributed by atoms with E-state index in [4.69, 9.17) is 10.2 Å². The maximum absolute atomic E-state index is 12.1. The molecule has 0 aromatic carbocycles. The molecule has 3 N–H and O–H groups in total. The van der Waals surface area contributed by atoms with Gasteiger partial charge in [-0.3, -0.25) is 4.79 Å². The van der Waals surface area contributed by atoms with Crippen LogP contribution in [0, 0.1) is 5.92 Å². The van der Waals surface area contributed by atoms with Crippen LogP contribution in [0.25, 0.3) is 0 Å². The number of nitrogens with two attached hydrogens (primary N) is 1. The minimum atomic E-state index is -0.0471. The Bertz CT molecular complexity index is 459. The number of piperidine rings is 1. The van der Waals surface area contributed by atoms with Gasteiger partial charge in [-0.05, 0) is 37.7 Å². The highest BCUT2D eigenvalue weighted by Crippen LogP contribution is 2.30. The van der Waals surface area contributed by atoms with Crippen LogP contribution in [0.2, 0.25) is 0 Å². The van der Waals surface area contributed by atoms with Crippen LogP contribution in [0.3, 0.4) is 0 Å². The summed E-state index contributed by atoms with van der Waals surface area (Å²) in [4.78, 5) is 14.6. The Balaban J connectivity index is 1.45. The van der Waals surface area contributed by atoms with Gasteiger partial charge >= 0.3 is 0 Å². The molecular weight excluding hydrogens is 254 g/mol. The fourth-order valence-electron chi connectivity index (χ4n) is 2.80. The molecule has 0 bridgehead atoms. The summed E-state index contributed by atoms with van der Waals surface area (Å²) in [7, 11) is 0. The van der Waals surface area contributed by atoms with Crippen LogP contribution in [-0.4, -0.2) is 36.5 Å². The first-order valence-electron chi connectivity index (χ1n) is 7.55. The van der Waals surface area contributed by atoms with Crippen LogP contribution in [-0.2, 0) is 6.54 Å². The Kier molecular flexibility index (Phi) is 4.08. The highest BCUT2D eigenvalue weighted by Gasteiger charge is 2.27. The van der Waals surface area contributed by atoms with E-state index >= 15 is 0 Å². The number of rotatable bonds is 5. The van der Waals surface area contributed by atoms with Gasteiger partial charge in [-0.25, -0.2) is 0 Å². The fourth-order valence-corrected chi connectivity index (χ4v) is 2.80. The first-order chi connectivity index (χ1) is 9.74. The molecule has 2 fully saturated rings. The fraction of sp³-hybridized carbons (Fsp3) is 0.667. The van der Waals surface area contributed by atoms with Crippen molar-refractivity contribution in [2.45, 2.75) is 38.3 Å². The Morgan fingerprint density at radius 2 is 2.10 bits per heavy atom. The molecule has 1 amide bonds. The molecule has 2 aliphatic rings. The van der Waals surface area contributed by atoms with E-state index in [1.165, 1.54) is 25.6 Å². The highest BCUT2D eigenvalue weighted by molar-refractivity contribution is 5.94. The van der Waals surface area contributed by atoms with Crippen molar-refractivity contribution >= 4 is 5.91 Å². The molecule has 5 heteroatoms. The normalized spacial score (nSPS) is 21.1. The summed E-state index contributed by atoms with van der Waals surface area (Å²) in [5.41, 5.74) is 6.05. The van der Waals surface area contributed by atoms with Gasteiger partial charge < -0.3 is 20.4 Å². The molecule has 0 radical (unpaired) electrons. The van der Waals surface area contributed by atoms with E-state index < -0.39 is 0 Å². The second kappa shape index (κ2) is 5.97. The summed E-state index contributed by atoms with van der Waals surface area (Å²) in [6.45, 7) is 3.77. The van der Waals surface area contributed by atoms with Gasteiger partial charge in [0.25, 0.3) is 5.91 Å². The molecule has 1 saturated heterocycles. The number of amides is 1. The third-order valence-electron chi connectivity index (χ3n) is 4.25. The van der Waals surface area contributed by atoms with Gasteiger partial charge in [0.1, 0.15) is 12.0 Å². The Morgan fingerprint density at radius 1 is 1.35 bits per heavy atom. The minimum absolute atomic E-state index is 0.0471. The minimum Gasteiger partial charge on any atom is -0.467 e. The number of likely N-dealkylation sites (tertiary alicyclic amines) is 1. The van der Waals surface area contributed by atoms with Crippen LogP contribution in [0.1, 0.15) is 41.8 Å². The molecule has 5 nitrogen and oxygen atoms in total. The van der Waals surface area contributed by atoms with Gasteiger partial charge in [0.15, 0.2) is 0 Å². The molecule has 0 atom stereocenters. The SMILES string of the molecule is NCc1cc(C(=O)NC2CCN(CC3CC3)CC2)co1. The molecule has 1 aromatic heterocycles. The van der Waals surface area contributed by atoms with Crippen molar-refractivity contribution in [1.82, 2.24) is 10.2 Å². The summed E-state index contributed by atoms with van der Waals surface area (Å²) in [6, 6.07) is 2.01. The number of hydrogen-bond donors (Lipinski definition) is 2.